The van der Waals surface area contributed by atoms with Gasteiger partial charge in [0.15, 0.2) is 0 Å². The van der Waals surface area contributed by atoms with Gasteiger partial charge in [-0.3, -0.25) is 0 Å². The smallest absolute Gasteiger partial charge is 0.0948 e. The molecule has 0 N–H and O–H groups in total. The maximum Gasteiger partial charge on any atom is 0.0948 e. The number of halogens is 1. The zero-order valence-electron chi connectivity index (χ0n) is 8.62. The Bertz CT molecular complexity index is 295. The molecule has 0 saturated heterocycles. The van der Waals surface area contributed by atoms with Gasteiger partial charge in [-0.1, -0.05) is 19.8 Å². The lowest BCUT2D eigenvalue weighted by Crippen LogP contribution is -2.13. The Morgan fingerprint density at radius 1 is 1.57 bits per heavy atom. The third kappa shape index (κ3) is 1.95. The van der Waals surface area contributed by atoms with E-state index in [0.717, 1.165) is 24.1 Å². The van der Waals surface area contributed by atoms with Crippen LogP contribution in [0.2, 0.25) is 0 Å². The van der Waals surface area contributed by atoms with Crippen LogP contribution in [0.1, 0.15) is 31.9 Å². The van der Waals surface area contributed by atoms with Crippen molar-refractivity contribution in [1.82, 2.24) is 9.55 Å². The average molecular weight is 213 g/mol. The van der Waals surface area contributed by atoms with Gasteiger partial charge in [0.25, 0.3) is 0 Å². The molecule has 0 bridgehead atoms. The molecule has 2 unspecified atom stereocenters. The molecule has 0 aliphatic heterocycles. The van der Waals surface area contributed by atoms with Crippen molar-refractivity contribution in [3.8, 4) is 0 Å². The van der Waals surface area contributed by atoms with Gasteiger partial charge in [0.2, 0.25) is 0 Å². The summed E-state index contributed by atoms with van der Waals surface area (Å²) in [5.41, 5.74) is 1.14. The van der Waals surface area contributed by atoms with E-state index in [1.54, 1.807) is 0 Å². The number of nitrogens with zero attached hydrogens (tertiary/aromatic N) is 2. The van der Waals surface area contributed by atoms with Gasteiger partial charge in [-0.2, -0.15) is 0 Å². The molecule has 1 aromatic heterocycles. The first-order chi connectivity index (χ1) is 6.81. The van der Waals surface area contributed by atoms with Crippen molar-refractivity contribution in [2.24, 2.45) is 11.8 Å². The summed E-state index contributed by atoms with van der Waals surface area (Å²) in [5.74, 6) is 2.26. The maximum absolute atomic E-state index is 5.83. The van der Waals surface area contributed by atoms with Crippen molar-refractivity contribution in [3.63, 3.8) is 0 Å². The Morgan fingerprint density at radius 2 is 2.43 bits per heavy atom. The summed E-state index contributed by atoms with van der Waals surface area (Å²) < 4.78 is 2.21. The fraction of sp³-hybridized carbons (Fsp3) is 0.727. The van der Waals surface area contributed by atoms with Gasteiger partial charge in [-0.15, -0.1) is 11.6 Å². The molecule has 0 amide bonds. The third-order valence-corrected chi connectivity index (χ3v) is 3.68. The highest BCUT2D eigenvalue weighted by molar-refractivity contribution is 6.16. The van der Waals surface area contributed by atoms with Crippen molar-refractivity contribution < 1.29 is 0 Å². The van der Waals surface area contributed by atoms with Gasteiger partial charge in [-0.25, -0.2) is 4.98 Å². The van der Waals surface area contributed by atoms with Crippen LogP contribution in [-0.2, 0) is 12.4 Å². The highest BCUT2D eigenvalue weighted by Gasteiger charge is 2.23. The second-order valence-electron chi connectivity index (χ2n) is 4.34. The van der Waals surface area contributed by atoms with E-state index in [0.29, 0.717) is 5.88 Å². The number of hydrogen-bond donors (Lipinski definition) is 0. The Kier molecular flexibility index (Phi) is 3.12. The van der Waals surface area contributed by atoms with E-state index < -0.39 is 0 Å². The average Bonchev–Trinajstić information content (AvgIpc) is 2.77. The van der Waals surface area contributed by atoms with E-state index in [2.05, 4.69) is 16.5 Å². The van der Waals surface area contributed by atoms with Crippen LogP contribution in [0.5, 0.6) is 0 Å². The molecule has 2 nitrogen and oxygen atoms in total. The predicted octanol–water partition coefficient (Wildman–Crippen LogP) is 3.06. The molecule has 0 spiro atoms. The zero-order valence-corrected chi connectivity index (χ0v) is 9.37. The lowest BCUT2D eigenvalue weighted by atomic mass is 9.98. The molecule has 1 aliphatic carbocycles. The fourth-order valence-electron chi connectivity index (χ4n) is 2.37. The number of alkyl halides is 1. The summed E-state index contributed by atoms with van der Waals surface area (Å²) in [6, 6.07) is 0. The molecule has 0 radical (unpaired) electrons. The van der Waals surface area contributed by atoms with Crippen LogP contribution in [0.25, 0.3) is 0 Å². The van der Waals surface area contributed by atoms with Crippen molar-refractivity contribution in [2.75, 3.05) is 0 Å². The Hall–Kier alpha value is -0.500. The van der Waals surface area contributed by atoms with Gasteiger partial charge in [0.05, 0.1) is 17.9 Å². The molecule has 78 valence electrons. The van der Waals surface area contributed by atoms with Gasteiger partial charge < -0.3 is 4.57 Å². The lowest BCUT2D eigenvalue weighted by Gasteiger charge is -2.16. The first-order valence-corrected chi connectivity index (χ1v) is 5.89. The summed E-state index contributed by atoms with van der Waals surface area (Å²) in [6.45, 7) is 3.46. The van der Waals surface area contributed by atoms with Gasteiger partial charge in [-0.05, 0) is 18.3 Å². The van der Waals surface area contributed by atoms with E-state index in [1.807, 2.05) is 12.5 Å². The normalized spacial score (nSPS) is 27.0. The van der Waals surface area contributed by atoms with Gasteiger partial charge in [0, 0.05) is 12.7 Å². The molecule has 3 heteroatoms. The standard InChI is InChI=1S/C11H17ClN2/c1-9-3-2-4-10(9)7-14-8-13-6-11(14)5-12/h6,8-10H,2-5,7H2,1H3. The van der Waals surface area contributed by atoms with Crippen LogP contribution in [0.15, 0.2) is 12.5 Å². The minimum Gasteiger partial charge on any atom is -0.333 e. The van der Waals surface area contributed by atoms with Gasteiger partial charge in [0.1, 0.15) is 0 Å². The van der Waals surface area contributed by atoms with Crippen LogP contribution < -0.4 is 0 Å². The van der Waals surface area contributed by atoms with Crippen LogP contribution in [-0.4, -0.2) is 9.55 Å². The van der Waals surface area contributed by atoms with Crippen LogP contribution in [0.3, 0.4) is 0 Å². The van der Waals surface area contributed by atoms with Crippen molar-refractivity contribution >= 4 is 11.6 Å². The minimum atomic E-state index is 0.571. The molecule has 14 heavy (non-hydrogen) atoms. The quantitative estimate of drug-likeness (QED) is 0.705. The molecule has 1 aromatic rings. The van der Waals surface area contributed by atoms with E-state index in [4.69, 9.17) is 11.6 Å². The second-order valence-corrected chi connectivity index (χ2v) is 4.61. The molecule has 1 heterocycles. The van der Waals surface area contributed by atoms with E-state index in [-0.39, 0.29) is 0 Å². The third-order valence-electron chi connectivity index (χ3n) is 3.41. The number of aromatic nitrogens is 2. The minimum absolute atomic E-state index is 0.571. The van der Waals surface area contributed by atoms with Crippen LogP contribution in [0, 0.1) is 11.8 Å². The highest BCUT2D eigenvalue weighted by Crippen LogP contribution is 2.32. The maximum atomic E-state index is 5.83. The largest absolute Gasteiger partial charge is 0.333 e. The summed E-state index contributed by atoms with van der Waals surface area (Å²) >= 11 is 5.83. The second kappa shape index (κ2) is 4.35. The molecule has 2 rings (SSSR count). The van der Waals surface area contributed by atoms with E-state index in [9.17, 15) is 0 Å². The Balaban J connectivity index is 2.02. The van der Waals surface area contributed by atoms with E-state index >= 15 is 0 Å². The molecular formula is C11H17ClN2. The zero-order chi connectivity index (χ0) is 9.97. The Morgan fingerprint density at radius 3 is 3.07 bits per heavy atom. The summed E-state index contributed by atoms with van der Waals surface area (Å²) in [7, 11) is 0. The first-order valence-electron chi connectivity index (χ1n) is 5.36. The lowest BCUT2D eigenvalue weighted by molar-refractivity contribution is 0.361. The highest BCUT2D eigenvalue weighted by atomic mass is 35.5. The topological polar surface area (TPSA) is 17.8 Å². The Labute approximate surface area is 90.3 Å². The van der Waals surface area contributed by atoms with E-state index in [1.165, 1.54) is 19.3 Å². The molecule has 1 aliphatic rings. The molecule has 1 saturated carbocycles. The summed E-state index contributed by atoms with van der Waals surface area (Å²) in [6.07, 6.45) is 7.91. The molecule has 0 aromatic carbocycles. The van der Waals surface area contributed by atoms with Crippen molar-refractivity contribution in [3.05, 3.63) is 18.2 Å². The molecule has 2 atom stereocenters. The number of imidazole rings is 1. The number of rotatable bonds is 3. The van der Waals surface area contributed by atoms with Crippen LogP contribution in [0.4, 0.5) is 0 Å². The van der Waals surface area contributed by atoms with Crippen molar-refractivity contribution in [2.45, 2.75) is 38.6 Å². The summed E-state index contributed by atoms with van der Waals surface area (Å²) in [5, 5.41) is 0. The van der Waals surface area contributed by atoms with Crippen LogP contribution >= 0.6 is 11.6 Å². The number of hydrogen-bond acceptors (Lipinski definition) is 1. The predicted molar refractivity (Wildman–Crippen MR) is 58.3 cm³/mol. The fourth-order valence-corrected chi connectivity index (χ4v) is 2.59. The van der Waals surface area contributed by atoms with Crippen molar-refractivity contribution in [1.29, 1.82) is 0 Å². The molecular weight excluding hydrogens is 196 g/mol. The van der Waals surface area contributed by atoms with Gasteiger partial charge >= 0.3 is 0 Å². The summed E-state index contributed by atoms with van der Waals surface area (Å²) in [4.78, 5) is 4.14. The monoisotopic (exact) mass is 212 g/mol. The SMILES string of the molecule is CC1CCCC1Cn1cncc1CCl. The first kappa shape index (κ1) is 10.0. The molecule has 1 fully saturated rings.